The first-order valence-electron chi connectivity index (χ1n) is 12.2. The number of ether oxygens (including phenoxy) is 1. The van der Waals surface area contributed by atoms with Gasteiger partial charge in [0.25, 0.3) is 0 Å². The molecule has 4 N–H and O–H groups in total. The van der Waals surface area contributed by atoms with Crippen molar-refractivity contribution in [3.63, 3.8) is 0 Å². The highest BCUT2D eigenvalue weighted by atomic mass is 19.4. The molecule has 204 valence electrons. The number of para-hydroxylation sites is 2. The van der Waals surface area contributed by atoms with Gasteiger partial charge in [0, 0.05) is 37.3 Å². The molecule has 1 amide bonds. The number of likely N-dealkylation sites (N-methyl/N-ethyl adjacent to an activating group) is 1. The van der Waals surface area contributed by atoms with Crippen LogP contribution >= 0.6 is 0 Å². The van der Waals surface area contributed by atoms with E-state index in [0.29, 0.717) is 36.7 Å². The van der Waals surface area contributed by atoms with Gasteiger partial charge in [-0.25, -0.2) is 0 Å². The fourth-order valence-electron chi connectivity index (χ4n) is 4.79. The highest BCUT2D eigenvalue weighted by molar-refractivity contribution is 6.03. The number of alkyl halides is 3. The van der Waals surface area contributed by atoms with E-state index in [0.717, 1.165) is 17.4 Å². The van der Waals surface area contributed by atoms with Crippen molar-refractivity contribution in [1.82, 2.24) is 4.90 Å². The van der Waals surface area contributed by atoms with Gasteiger partial charge in [0.15, 0.2) is 0 Å². The van der Waals surface area contributed by atoms with Crippen LogP contribution in [0.5, 0.6) is 5.75 Å². The van der Waals surface area contributed by atoms with Crippen LogP contribution in [0.2, 0.25) is 0 Å². The molecule has 0 bridgehead atoms. The normalized spacial score (nSPS) is 19.6. The molecular weight excluding hydrogens is 509 g/mol. The van der Waals surface area contributed by atoms with Crippen LogP contribution in [0.25, 0.3) is 6.08 Å². The number of nitrogens with one attached hydrogen (secondary N) is 2. The molecular formula is C29H29F3N4O3. The summed E-state index contributed by atoms with van der Waals surface area (Å²) in [5.74, 6) is -0.728. The first-order chi connectivity index (χ1) is 18.6. The molecule has 2 atom stereocenters. The monoisotopic (exact) mass is 538 g/mol. The second kappa shape index (κ2) is 11.6. The lowest BCUT2D eigenvalue weighted by Crippen LogP contribution is -2.38. The Kier molecular flexibility index (Phi) is 8.25. The number of hydrogen-bond donors (Lipinski definition) is 3. The maximum absolute atomic E-state index is 12.4. The van der Waals surface area contributed by atoms with Gasteiger partial charge in [-0.3, -0.25) is 4.79 Å². The van der Waals surface area contributed by atoms with Gasteiger partial charge in [-0.05, 0) is 60.6 Å². The number of nitrogens with two attached hydrogens (primary N) is 1. The summed E-state index contributed by atoms with van der Waals surface area (Å²) in [6, 6.07) is 20.1. The smallest absolute Gasteiger partial charge is 0.406 e. The van der Waals surface area contributed by atoms with Gasteiger partial charge in [0.05, 0.1) is 16.8 Å². The molecule has 4 rings (SSSR count). The number of carbonyl (C=O) groups excluding carboxylic acids is 2. The lowest BCUT2D eigenvalue weighted by atomic mass is 9.75. The minimum absolute atomic E-state index is 0.109. The van der Waals surface area contributed by atoms with Gasteiger partial charge < -0.3 is 30.8 Å². The summed E-state index contributed by atoms with van der Waals surface area (Å²) in [6.45, 7) is 1.48. The summed E-state index contributed by atoms with van der Waals surface area (Å²) < 4.78 is 41.2. The molecule has 1 aliphatic heterocycles. The Balaban J connectivity index is 1.42. The average molecular weight is 539 g/mol. The van der Waals surface area contributed by atoms with Gasteiger partial charge in [-0.15, -0.1) is 13.2 Å². The quantitative estimate of drug-likeness (QED) is 0.198. The minimum atomic E-state index is -4.76. The van der Waals surface area contributed by atoms with Crippen LogP contribution in [-0.4, -0.2) is 50.1 Å². The molecule has 10 heteroatoms. The number of hydrogen-bond acceptors (Lipinski definition) is 6. The third-order valence-electron chi connectivity index (χ3n) is 6.68. The van der Waals surface area contributed by atoms with Crippen molar-refractivity contribution < 1.29 is 27.5 Å². The zero-order valence-corrected chi connectivity index (χ0v) is 21.2. The van der Waals surface area contributed by atoms with E-state index in [2.05, 4.69) is 20.3 Å². The molecule has 0 spiro atoms. The SMILES string of the molecule is CN1CC(c2ccc(/C=C/C(=O)Nc3ccccc3N)cc2)C(C=O)(CNc2ccc(OC(F)(F)F)cc2)C1. The molecule has 3 aromatic carbocycles. The fourth-order valence-corrected chi connectivity index (χ4v) is 4.79. The topological polar surface area (TPSA) is 96.7 Å². The summed E-state index contributed by atoms with van der Waals surface area (Å²) in [4.78, 5) is 26.8. The lowest BCUT2D eigenvalue weighted by Gasteiger charge is -2.30. The summed E-state index contributed by atoms with van der Waals surface area (Å²) >= 11 is 0. The fraction of sp³-hybridized carbons (Fsp3) is 0.241. The van der Waals surface area contributed by atoms with Crippen LogP contribution in [0.3, 0.4) is 0 Å². The molecule has 0 saturated carbocycles. The molecule has 39 heavy (non-hydrogen) atoms. The molecule has 7 nitrogen and oxygen atoms in total. The molecule has 1 saturated heterocycles. The van der Waals surface area contributed by atoms with Crippen LogP contribution in [-0.2, 0) is 9.59 Å². The first kappa shape index (κ1) is 27.7. The van der Waals surface area contributed by atoms with Crippen molar-refractivity contribution in [3.8, 4) is 5.75 Å². The minimum Gasteiger partial charge on any atom is -0.406 e. The Labute approximate surface area is 224 Å². The summed E-state index contributed by atoms with van der Waals surface area (Å²) in [7, 11) is 1.94. The standard InChI is InChI=1S/C29H29F3N4O3/c1-36-16-24(28(18-36,19-37)17-34-22-11-13-23(14-12-22)39-29(30,31)32)21-9-6-20(7-10-21)8-15-27(38)35-26-5-3-2-4-25(26)33/h2-15,19,24,34H,16-18,33H2,1H3,(H,35,38)/b15-8+. The molecule has 0 aliphatic carbocycles. The molecule has 0 radical (unpaired) electrons. The second-order valence-corrected chi connectivity index (χ2v) is 9.60. The van der Waals surface area contributed by atoms with E-state index in [9.17, 15) is 22.8 Å². The third kappa shape index (κ3) is 7.17. The van der Waals surface area contributed by atoms with Gasteiger partial charge >= 0.3 is 6.36 Å². The Morgan fingerprint density at radius 3 is 2.44 bits per heavy atom. The number of benzene rings is 3. The molecule has 1 aliphatic rings. The lowest BCUT2D eigenvalue weighted by molar-refractivity contribution is -0.274. The Morgan fingerprint density at radius 1 is 1.10 bits per heavy atom. The number of carbonyl (C=O) groups is 2. The highest BCUT2D eigenvalue weighted by Crippen LogP contribution is 2.41. The summed E-state index contributed by atoms with van der Waals surface area (Å²) in [6.07, 6.45) is -0.676. The maximum atomic E-state index is 12.4. The predicted molar refractivity (Wildman–Crippen MR) is 145 cm³/mol. The first-order valence-corrected chi connectivity index (χ1v) is 12.2. The van der Waals surface area contributed by atoms with Crippen LogP contribution < -0.4 is 21.1 Å². The van der Waals surface area contributed by atoms with E-state index in [1.807, 2.05) is 31.3 Å². The van der Waals surface area contributed by atoms with E-state index >= 15 is 0 Å². The van der Waals surface area contributed by atoms with E-state index in [4.69, 9.17) is 5.73 Å². The number of rotatable bonds is 9. The number of anilines is 3. The Bertz CT molecular complexity index is 1330. The molecule has 2 unspecified atom stereocenters. The Hall–Kier alpha value is -4.31. The predicted octanol–water partition coefficient (Wildman–Crippen LogP) is 5.15. The average Bonchev–Trinajstić information content (AvgIpc) is 3.24. The second-order valence-electron chi connectivity index (χ2n) is 9.60. The van der Waals surface area contributed by atoms with Gasteiger partial charge in [0.1, 0.15) is 12.0 Å². The molecule has 0 aromatic heterocycles. The van der Waals surface area contributed by atoms with Crippen molar-refractivity contribution in [3.05, 3.63) is 90.0 Å². The van der Waals surface area contributed by atoms with Crippen LogP contribution in [0.15, 0.2) is 78.9 Å². The van der Waals surface area contributed by atoms with Crippen molar-refractivity contribution in [2.24, 2.45) is 5.41 Å². The van der Waals surface area contributed by atoms with Crippen molar-refractivity contribution in [2.45, 2.75) is 12.3 Å². The van der Waals surface area contributed by atoms with Crippen molar-refractivity contribution >= 4 is 35.3 Å². The number of aldehydes is 1. The molecule has 3 aromatic rings. The van der Waals surface area contributed by atoms with Crippen LogP contribution in [0.1, 0.15) is 17.0 Å². The van der Waals surface area contributed by atoms with Crippen molar-refractivity contribution in [1.29, 1.82) is 0 Å². The van der Waals surface area contributed by atoms with Gasteiger partial charge in [-0.2, -0.15) is 0 Å². The molecule has 1 fully saturated rings. The van der Waals surface area contributed by atoms with E-state index in [-0.39, 0.29) is 17.6 Å². The third-order valence-corrected chi connectivity index (χ3v) is 6.68. The number of nitrogens with zero attached hydrogens (tertiary/aromatic N) is 1. The van der Waals surface area contributed by atoms with E-state index in [1.165, 1.54) is 30.3 Å². The Morgan fingerprint density at radius 2 is 1.79 bits per heavy atom. The van der Waals surface area contributed by atoms with Crippen LogP contribution in [0, 0.1) is 5.41 Å². The largest absolute Gasteiger partial charge is 0.573 e. The summed E-state index contributed by atoms with van der Waals surface area (Å²) in [5.41, 5.74) is 8.50. The zero-order valence-electron chi connectivity index (χ0n) is 21.2. The number of likely N-dealkylation sites (tertiary alicyclic amines) is 1. The van der Waals surface area contributed by atoms with E-state index in [1.54, 1.807) is 30.3 Å². The number of nitrogen functional groups attached to an aromatic ring is 1. The number of amides is 1. The zero-order chi connectivity index (χ0) is 28.0. The van der Waals surface area contributed by atoms with E-state index < -0.39 is 11.8 Å². The van der Waals surface area contributed by atoms with Gasteiger partial charge in [0.2, 0.25) is 5.91 Å². The number of halogens is 3. The van der Waals surface area contributed by atoms with Crippen molar-refractivity contribution in [2.75, 3.05) is 43.0 Å². The molecule has 1 heterocycles. The maximum Gasteiger partial charge on any atom is 0.573 e. The van der Waals surface area contributed by atoms with Crippen LogP contribution in [0.4, 0.5) is 30.2 Å². The summed E-state index contributed by atoms with van der Waals surface area (Å²) in [5, 5.41) is 5.94. The highest BCUT2D eigenvalue weighted by Gasteiger charge is 2.46. The van der Waals surface area contributed by atoms with Gasteiger partial charge in [-0.1, -0.05) is 36.4 Å².